The fraction of sp³-hybridized carbons (Fsp3) is 0.800. The van der Waals surface area contributed by atoms with Crippen molar-refractivity contribution in [2.75, 3.05) is 32.8 Å². The molecule has 0 aliphatic rings. The highest BCUT2D eigenvalue weighted by Crippen LogP contribution is 2.18. The molecule has 0 saturated heterocycles. The van der Waals surface area contributed by atoms with Crippen LogP contribution in [0.3, 0.4) is 0 Å². The lowest BCUT2D eigenvalue weighted by molar-refractivity contribution is -0.187. The minimum atomic E-state index is -1.43. The van der Waals surface area contributed by atoms with Crippen molar-refractivity contribution in [2.24, 2.45) is 0 Å². The Kier molecular flexibility index (Phi) is 11.5. The second-order valence-electron chi connectivity index (χ2n) is 8.15. The highest BCUT2D eigenvalue weighted by atomic mass is 16.6. The van der Waals surface area contributed by atoms with Crippen molar-refractivity contribution in [1.29, 1.82) is 0 Å². The Morgan fingerprint density at radius 2 is 1.21 bits per heavy atom. The van der Waals surface area contributed by atoms with Crippen molar-refractivity contribution in [3.8, 4) is 0 Å². The van der Waals surface area contributed by atoms with E-state index in [9.17, 15) is 19.2 Å². The van der Waals surface area contributed by atoms with Gasteiger partial charge in [0.2, 0.25) is 5.60 Å². The Labute approximate surface area is 173 Å². The van der Waals surface area contributed by atoms with Crippen molar-refractivity contribution >= 4 is 23.9 Å². The Morgan fingerprint density at radius 3 is 1.59 bits per heavy atom. The van der Waals surface area contributed by atoms with Gasteiger partial charge in [-0.05, 0) is 47.5 Å². The van der Waals surface area contributed by atoms with Crippen LogP contribution in [0, 0.1) is 0 Å². The third-order valence-electron chi connectivity index (χ3n) is 3.46. The first kappa shape index (κ1) is 26.8. The maximum absolute atomic E-state index is 12.4. The summed E-state index contributed by atoms with van der Waals surface area (Å²) in [6.45, 7) is 12.1. The van der Waals surface area contributed by atoms with E-state index in [4.69, 9.17) is 18.9 Å². The lowest BCUT2D eigenvalue weighted by atomic mass is 10.1. The summed E-state index contributed by atoms with van der Waals surface area (Å²) in [4.78, 5) is 48.1. The number of carbonyl (C=O) groups is 4. The minimum Gasteiger partial charge on any atom is -0.466 e. The molecule has 0 rings (SSSR count). The topological polar surface area (TPSA) is 108 Å². The van der Waals surface area contributed by atoms with E-state index in [0.717, 1.165) is 0 Å². The Morgan fingerprint density at radius 1 is 0.759 bits per heavy atom. The molecule has 0 saturated carbocycles. The van der Waals surface area contributed by atoms with Crippen molar-refractivity contribution < 1.29 is 38.1 Å². The van der Waals surface area contributed by atoms with Gasteiger partial charge in [-0.3, -0.25) is 19.3 Å². The van der Waals surface area contributed by atoms with Crippen LogP contribution < -0.4 is 0 Å². The van der Waals surface area contributed by atoms with Crippen LogP contribution in [0.4, 0.5) is 0 Å². The van der Waals surface area contributed by atoms with Gasteiger partial charge in [0.05, 0.1) is 19.8 Å². The molecule has 0 aromatic heterocycles. The molecule has 0 amide bonds. The Balaban J connectivity index is 4.73. The quantitative estimate of drug-likeness (QED) is 0.267. The molecule has 9 heteroatoms. The van der Waals surface area contributed by atoms with Crippen molar-refractivity contribution in [2.45, 2.75) is 72.5 Å². The second kappa shape index (κ2) is 12.4. The molecule has 9 nitrogen and oxygen atoms in total. The maximum atomic E-state index is 12.4. The molecule has 0 aliphatic carbocycles. The van der Waals surface area contributed by atoms with Gasteiger partial charge in [-0.25, -0.2) is 4.79 Å². The van der Waals surface area contributed by atoms with Crippen LogP contribution in [0.2, 0.25) is 0 Å². The summed E-state index contributed by atoms with van der Waals surface area (Å²) >= 11 is 0. The van der Waals surface area contributed by atoms with Gasteiger partial charge < -0.3 is 18.9 Å². The fourth-order valence-corrected chi connectivity index (χ4v) is 2.22. The van der Waals surface area contributed by atoms with E-state index >= 15 is 0 Å². The van der Waals surface area contributed by atoms with Crippen LogP contribution in [0.5, 0.6) is 0 Å². The zero-order chi connectivity index (χ0) is 22.7. The molecule has 29 heavy (non-hydrogen) atoms. The molecule has 0 bridgehead atoms. The van der Waals surface area contributed by atoms with Gasteiger partial charge in [0.15, 0.2) is 0 Å². The van der Waals surface area contributed by atoms with Crippen molar-refractivity contribution in [3.05, 3.63) is 0 Å². The van der Waals surface area contributed by atoms with E-state index < -0.39 is 23.1 Å². The molecule has 0 radical (unpaired) electrons. The van der Waals surface area contributed by atoms with Crippen LogP contribution >= 0.6 is 0 Å². The first-order valence-electron chi connectivity index (χ1n) is 9.67. The van der Waals surface area contributed by atoms with Gasteiger partial charge in [0, 0.05) is 26.9 Å². The predicted octanol–water partition coefficient (Wildman–Crippen LogP) is 1.86. The van der Waals surface area contributed by atoms with Gasteiger partial charge in [-0.2, -0.15) is 0 Å². The van der Waals surface area contributed by atoms with Gasteiger partial charge in [0.1, 0.15) is 5.60 Å². The molecular formula is C20H35NO8. The largest absolute Gasteiger partial charge is 0.466 e. The van der Waals surface area contributed by atoms with Crippen LogP contribution in [0.15, 0.2) is 0 Å². The smallest absolute Gasteiger partial charge is 0.350 e. The fourth-order valence-electron chi connectivity index (χ4n) is 2.22. The number of esters is 4. The van der Waals surface area contributed by atoms with Crippen molar-refractivity contribution in [1.82, 2.24) is 4.90 Å². The molecule has 0 heterocycles. The normalized spacial score (nSPS) is 11.7. The number of ether oxygens (including phenoxy) is 4. The summed E-state index contributed by atoms with van der Waals surface area (Å²) in [6.07, 6.45) is 1.05. The van der Waals surface area contributed by atoms with E-state index in [-0.39, 0.29) is 31.7 Å². The van der Waals surface area contributed by atoms with Gasteiger partial charge in [-0.1, -0.05) is 0 Å². The lowest BCUT2D eigenvalue weighted by Crippen LogP contribution is -2.44. The summed E-state index contributed by atoms with van der Waals surface area (Å²) in [6, 6.07) is 0. The molecule has 0 aromatic carbocycles. The third-order valence-corrected chi connectivity index (χ3v) is 3.46. The van der Waals surface area contributed by atoms with E-state index in [1.807, 2.05) is 0 Å². The summed E-state index contributed by atoms with van der Waals surface area (Å²) in [5.74, 6) is -1.95. The molecule has 0 unspecified atom stereocenters. The number of rotatable bonds is 12. The average Bonchev–Trinajstić information content (AvgIpc) is 2.52. The summed E-state index contributed by atoms with van der Waals surface area (Å²) in [7, 11) is 0. The summed E-state index contributed by atoms with van der Waals surface area (Å²) < 4.78 is 20.4. The highest BCUT2D eigenvalue weighted by molar-refractivity contribution is 5.83. The van der Waals surface area contributed by atoms with Gasteiger partial charge in [0.25, 0.3) is 0 Å². The first-order chi connectivity index (χ1) is 13.2. The molecule has 0 N–H and O–H groups in total. The van der Waals surface area contributed by atoms with Crippen molar-refractivity contribution in [3.63, 3.8) is 0 Å². The van der Waals surface area contributed by atoms with Crippen LogP contribution in [-0.4, -0.2) is 72.8 Å². The molecular weight excluding hydrogens is 382 g/mol. The molecule has 168 valence electrons. The van der Waals surface area contributed by atoms with Gasteiger partial charge in [-0.15, -0.1) is 0 Å². The summed E-state index contributed by atoms with van der Waals surface area (Å²) in [5, 5.41) is 0. The molecule has 0 fully saturated rings. The van der Waals surface area contributed by atoms with E-state index in [1.54, 1.807) is 25.7 Å². The van der Waals surface area contributed by atoms with Crippen LogP contribution in [0.1, 0.15) is 61.3 Å². The zero-order valence-corrected chi connectivity index (χ0v) is 18.7. The van der Waals surface area contributed by atoms with Gasteiger partial charge >= 0.3 is 23.9 Å². The Hall–Kier alpha value is -2.16. The average molecular weight is 417 g/mol. The van der Waals surface area contributed by atoms with E-state index in [0.29, 0.717) is 25.9 Å². The molecule has 0 spiro atoms. The summed E-state index contributed by atoms with van der Waals surface area (Å²) in [5.41, 5.74) is -2.12. The standard InChI is InChI=1S/C20H35NO8/c1-15(22)26-12-8-10-21(11-9-13-27-16(2)23)14-17(24)28-20(6,7)18(25)29-19(3,4)5/h8-14H2,1-7H3. The Bertz CT molecular complexity index is 543. The van der Waals surface area contributed by atoms with Crippen LogP contribution in [-0.2, 0) is 38.1 Å². The number of hydrogen-bond acceptors (Lipinski definition) is 9. The second-order valence-corrected chi connectivity index (χ2v) is 8.15. The first-order valence-corrected chi connectivity index (χ1v) is 9.67. The maximum Gasteiger partial charge on any atom is 0.350 e. The highest BCUT2D eigenvalue weighted by Gasteiger charge is 2.36. The van der Waals surface area contributed by atoms with E-state index in [2.05, 4.69) is 0 Å². The molecule has 0 atom stereocenters. The van der Waals surface area contributed by atoms with Crippen LogP contribution in [0.25, 0.3) is 0 Å². The monoisotopic (exact) mass is 417 g/mol. The number of nitrogens with zero attached hydrogens (tertiary/aromatic N) is 1. The SMILES string of the molecule is CC(=O)OCCCN(CCCOC(C)=O)CC(=O)OC(C)(C)C(=O)OC(C)(C)C. The lowest BCUT2D eigenvalue weighted by Gasteiger charge is -2.29. The number of carbonyl (C=O) groups excluding carboxylic acids is 4. The molecule has 0 aromatic rings. The third kappa shape index (κ3) is 14.5. The minimum absolute atomic E-state index is 0.0631. The molecule has 0 aliphatic heterocycles. The number of hydrogen-bond donors (Lipinski definition) is 0. The van der Waals surface area contributed by atoms with E-state index in [1.165, 1.54) is 27.7 Å². The zero-order valence-electron chi connectivity index (χ0n) is 18.7. The predicted molar refractivity (Wildman–Crippen MR) is 105 cm³/mol.